The molecule has 0 amide bonds. The minimum absolute atomic E-state index is 0.105. The van der Waals surface area contributed by atoms with Gasteiger partial charge in [-0.05, 0) is 30.6 Å². The van der Waals surface area contributed by atoms with Gasteiger partial charge < -0.3 is 15.3 Å². The fourth-order valence-corrected chi connectivity index (χ4v) is 2.38. The zero-order valence-electron chi connectivity index (χ0n) is 6.40. The minimum atomic E-state index is -0.549. The summed E-state index contributed by atoms with van der Waals surface area (Å²) < 4.78 is 0. The molecule has 2 aliphatic carbocycles. The molecule has 2 saturated carbocycles. The van der Waals surface area contributed by atoms with Crippen LogP contribution < -0.4 is 0 Å². The van der Waals surface area contributed by atoms with E-state index in [1.54, 1.807) is 0 Å². The molecular formula is C8H14O3. The number of hydrogen-bond acceptors (Lipinski definition) is 3. The van der Waals surface area contributed by atoms with Gasteiger partial charge in [0.2, 0.25) is 0 Å². The highest BCUT2D eigenvalue weighted by Crippen LogP contribution is 2.62. The van der Waals surface area contributed by atoms with Crippen molar-refractivity contribution < 1.29 is 15.3 Å². The summed E-state index contributed by atoms with van der Waals surface area (Å²) in [5.74, 6) is 0.342. The number of aliphatic hydroxyl groups is 3. The van der Waals surface area contributed by atoms with Crippen molar-refractivity contribution in [1.29, 1.82) is 0 Å². The van der Waals surface area contributed by atoms with E-state index in [1.165, 1.54) is 0 Å². The summed E-state index contributed by atoms with van der Waals surface area (Å²) in [4.78, 5) is 0. The first kappa shape index (κ1) is 7.53. The molecule has 2 rings (SSSR count). The lowest BCUT2D eigenvalue weighted by molar-refractivity contribution is 0.0438. The van der Waals surface area contributed by atoms with Crippen molar-refractivity contribution in [2.24, 2.45) is 11.3 Å². The van der Waals surface area contributed by atoms with Gasteiger partial charge in [-0.3, -0.25) is 0 Å². The Labute approximate surface area is 65.7 Å². The van der Waals surface area contributed by atoms with E-state index in [0.29, 0.717) is 18.8 Å². The van der Waals surface area contributed by atoms with Crippen molar-refractivity contribution in [1.82, 2.24) is 0 Å². The van der Waals surface area contributed by atoms with Crippen molar-refractivity contribution >= 4 is 0 Å². The number of rotatable bonds is 1. The molecule has 0 aromatic carbocycles. The fourth-order valence-electron chi connectivity index (χ4n) is 2.38. The molecule has 3 unspecified atom stereocenters. The highest BCUT2D eigenvalue weighted by atomic mass is 16.3. The molecule has 0 aliphatic heterocycles. The first-order chi connectivity index (χ1) is 5.18. The van der Waals surface area contributed by atoms with Crippen LogP contribution in [0.4, 0.5) is 0 Å². The van der Waals surface area contributed by atoms with Gasteiger partial charge in [-0.15, -0.1) is 0 Å². The van der Waals surface area contributed by atoms with Crippen LogP contribution in [-0.4, -0.2) is 34.1 Å². The van der Waals surface area contributed by atoms with Gasteiger partial charge in [0.25, 0.3) is 0 Å². The molecule has 0 saturated heterocycles. The number of aliphatic hydroxyl groups excluding tert-OH is 3. The zero-order valence-corrected chi connectivity index (χ0v) is 6.40. The molecule has 3 atom stereocenters. The van der Waals surface area contributed by atoms with Crippen molar-refractivity contribution in [3.63, 3.8) is 0 Å². The van der Waals surface area contributed by atoms with Crippen LogP contribution in [-0.2, 0) is 0 Å². The molecule has 3 N–H and O–H groups in total. The molecule has 0 bridgehead atoms. The molecular weight excluding hydrogens is 144 g/mol. The van der Waals surface area contributed by atoms with Crippen molar-refractivity contribution in [2.75, 3.05) is 6.61 Å². The maximum absolute atomic E-state index is 9.25. The van der Waals surface area contributed by atoms with Gasteiger partial charge in [-0.25, -0.2) is 0 Å². The summed E-state index contributed by atoms with van der Waals surface area (Å²) in [7, 11) is 0. The Morgan fingerprint density at radius 3 is 2.00 bits per heavy atom. The quantitative estimate of drug-likeness (QED) is 0.482. The van der Waals surface area contributed by atoms with Gasteiger partial charge >= 0.3 is 0 Å². The summed E-state index contributed by atoms with van der Waals surface area (Å²) in [5, 5.41) is 27.4. The smallest absolute Gasteiger partial charge is 0.0804 e. The van der Waals surface area contributed by atoms with E-state index in [4.69, 9.17) is 5.11 Å². The predicted octanol–water partition coefficient (Wildman–Crippen LogP) is -0.499. The molecule has 64 valence electrons. The van der Waals surface area contributed by atoms with E-state index in [-0.39, 0.29) is 12.0 Å². The van der Waals surface area contributed by atoms with Gasteiger partial charge in [0.1, 0.15) is 0 Å². The van der Waals surface area contributed by atoms with Crippen LogP contribution in [0, 0.1) is 11.3 Å². The van der Waals surface area contributed by atoms with Gasteiger partial charge in [-0.2, -0.15) is 0 Å². The standard InChI is InChI=1S/C8H14O3/c9-4-5-1-8(5)2-6(10)7(11)3-8/h5-7,9-11H,1-4H2. The lowest BCUT2D eigenvalue weighted by Gasteiger charge is -2.04. The molecule has 2 aliphatic rings. The lowest BCUT2D eigenvalue weighted by Crippen LogP contribution is -2.17. The second-order valence-electron chi connectivity index (χ2n) is 3.99. The van der Waals surface area contributed by atoms with Crippen LogP contribution in [0.25, 0.3) is 0 Å². The Balaban J connectivity index is 2.00. The van der Waals surface area contributed by atoms with E-state index in [1.807, 2.05) is 0 Å². The Hall–Kier alpha value is -0.120. The normalized spacial score (nSPS) is 55.4. The average molecular weight is 158 g/mol. The van der Waals surface area contributed by atoms with Crippen molar-refractivity contribution in [2.45, 2.75) is 31.5 Å². The average Bonchev–Trinajstić information content (AvgIpc) is 2.54. The van der Waals surface area contributed by atoms with Crippen LogP contribution in [0.1, 0.15) is 19.3 Å². The summed E-state index contributed by atoms with van der Waals surface area (Å²) in [6.45, 7) is 0.208. The molecule has 2 fully saturated rings. The topological polar surface area (TPSA) is 60.7 Å². The molecule has 3 heteroatoms. The van der Waals surface area contributed by atoms with Crippen LogP contribution in [0.5, 0.6) is 0 Å². The van der Waals surface area contributed by atoms with E-state index < -0.39 is 12.2 Å². The summed E-state index contributed by atoms with van der Waals surface area (Å²) >= 11 is 0. The molecule has 0 radical (unpaired) electrons. The summed E-state index contributed by atoms with van der Waals surface area (Å²) in [6.07, 6.45) is 1.24. The highest BCUT2D eigenvalue weighted by molar-refractivity contribution is 5.09. The Bertz CT molecular complexity index is 159. The third kappa shape index (κ3) is 0.991. The first-order valence-electron chi connectivity index (χ1n) is 4.15. The Morgan fingerprint density at radius 1 is 1.09 bits per heavy atom. The van der Waals surface area contributed by atoms with Crippen LogP contribution >= 0.6 is 0 Å². The van der Waals surface area contributed by atoms with Gasteiger partial charge in [0.15, 0.2) is 0 Å². The van der Waals surface area contributed by atoms with Gasteiger partial charge in [0, 0.05) is 6.61 Å². The van der Waals surface area contributed by atoms with Crippen LogP contribution in [0.15, 0.2) is 0 Å². The largest absolute Gasteiger partial charge is 0.396 e. The fraction of sp³-hybridized carbons (Fsp3) is 1.00. The zero-order chi connectivity index (χ0) is 8.06. The Kier molecular flexibility index (Phi) is 1.50. The van der Waals surface area contributed by atoms with E-state index in [2.05, 4.69) is 0 Å². The van der Waals surface area contributed by atoms with E-state index in [0.717, 1.165) is 6.42 Å². The van der Waals surface area contributed by atoms with Crippen molar-refractivity contribution in [3.05, 3.63) is 0 Å². The summed E-state index contributed by atoms with van der Waals surface area (Å²) in [6, 6.07) is 0. The van der Waals surface area contributed by atoms with E-state index >= 15 is 0 Å². The SMILES string of the molecule is OCC1CC12CC(O)C(O)C2. The molecule has 11 heavy (non-hydrogen) atoms. The Morgan fingerprint density at radius 2 is 1.64 bits per heavy atom. The summed E-state index contributed by atoms with van der Waals surface area (Å²) in [5.41, 5.74) is 0.105. The van der Waals surface area contributed by atoms with Crippen molar-refractivity contribution in [3.8, 4) is 0 Å². The van der Waals surface area contributed by atoms with Crippen LogP contribution in [0.2, 0.25) is 0 Å². The first-order valence-corrected chi connectivity index (χ1v) is 4.15. The van der Waals surface area contributed by atoms with Gasteiger partial charge in [-0.1, -0.05) is 0 Å². The number of hydrogen-bond donors (Lipinski definition) is 3. The second-order valence-corrected chi connectivity index (χ2v) is 3.99. The van der Waals surface area contributed by atoms with Gasteiger partial charge in [0.05, 0.1) is 12.2 Å². The third-order valence-electron chi connectivity index (χ3n) is 3.25. The third-order valence-corrected chi connectivity index (χ3v) is 3.25. The maximum Gasteiger partial charge on any atom is 0.0804 e. The minimum Gasteiger partial charge on any atom is -0.396 e. The maximum atomic E-state index is 9.25. The molecule has 0 aromatic heterocycles. The predicted molar refractivity (Wildman–Crippen MR) is 38.9 cm³/mol. The van der Waals surface area contributed by atoms with Crippen LogP contribution in [0.3, 0.4) is 0 Å². The lowest BCUT2D eigenvalue weighted by atomic mass is 10.0. The monoisotopic (exact) mass is 158 g/mol. The highest BCUT2D eigenvalue weighted by Gasteiger charge is 2.59. The van der Waals surface area contributed by atoms with E-state index in [9.17, 15) is 10.2 Å². The molecule has 1 spiro atoms. The molecule has 0 aromatic rings. The molecule has 3 nitrogen and oxygen atoms in total. The molecule has 0 heterocycles. The second kappa shape index (κ2) is 2.19.